The van der Waals surface area contributed by atoms with Crippen molar-refractivity contribution in [3.05, 3.63) is 66.0 Å². The third kappa shape index (κ3) is 5.79. The second-order valence-electron chi connectivity index (χ2n) is 7.28. The van der Waals surface area contributed by atoms with Gasteiger partial charge in [0.05, 0.1) is 18.3 Å². The van der Waals surface area contributed by atoms with Crippen LogP contribution in [0.2, 0.25) is 0 Å². The van der Waals surface area contributed by atoms with Crippen molar-refractivity contribution in [2.75, 3.05) is 43.4 Å². The van der Waals surface area contributed by atoms with Gasteiger partial charge in [0.25, 0.3) is 0 Å². The first kappa shape index (κ1) is 22.2. The van der Waals surface area contributed by atoms with Crippen LogP contribution in [0, 0.1) is 11.7 Å². The number of ether oxygens (including phenoxy) is 1. The van der Waals surface area contributed by atoms with Gasteiger partial charge in [-0.15, -0.1) is 0 Å². The molecule has 0 bridgehead atoms. The van der Waals surface area contributed by atoms with Crippen molar-refractivity contribution in [1.29, 1.82) is 0 Å². The Hall–Kier alpha value is -2.45. The molecule has 0 saturated carbocycles. The molecule has 1 aliphatic heterocycles. The summed E-state index contributed by atoms with van der Waals surface area (Å²) < 4.78 is 45.8. The van der Waals surface area contributed by atoms with Crippen LogP contribution in [-0.4, -0.2) is 57.2 Å². The molecule has 1 unspecified atom stereocenters. The molecule has 0 radical (unpaired) electrons. The van der Waals surface area contributed by atoms with Crippen LogP contribution in [0.4, 0.5) is 10.1 Å². The SMILES string of the molecule is CCOC(=O)C(Cc1ccccc1)CS(=O)(=O)N1CCN(c2ccc(F)cc2)CC1. The number of benzene rings is 2. The number of halogens is 1. The van der Waals surface area contributed by atoms with E-state index in [0.717, 1.165) is 11.3 Å². The highest BCUT2D eigenvalue weighted by Gasteiger charge is 2.33. The molecular weight excluding hydrogens is 407 g/mol. The highest BCUT2D eigenvalue weighted by molar-refractivity contribution is 7.89. The molecule has 1 heterocycles. The summed E-state index contributed by atoms with van der Waals surface area (Å²) in [4.78, 5) is 14.5. The molecule has 0 aromatic heterocycles. The molecule has 0 amide bonds. The Labute approximate surface area is 177 Å². The summed E-state index contributed by atoms with van der Waals surface area (Å²) >= 11 is 0. The minimum absolute atomic E-state index is 0.209. The number of carbonyl (C=O) groups is 1. The molecule has 1 aliphatic rings. The maximum absolute atomic E-state index is 13.1. The Morgan fingerprint density at radius 3 is 2.27 bits per heavy atom. The summed E-state index contributed by atoms with van der Waals surface area (Å²) in [7, 11) is -3.63. The van der Waals surface area contributed by atoms with Gasteiger partial charge in [-0.1, -0.05) is 30.3 Å². The number of sulfonamides is 1. The summed E-state index contributed by atoms with van der Waals surface area (Å²) in [6, 6.07) is 15.5. The molecule has 2 aromatic carbocycles. The standard InChI is InChI=1S/C22H27FN2O4S/c1-2-29-22(26)19(16-18-6-4-3-5-7-18)17-30(27,28)25-14-12-24(13-15-25)21-10-8-20(23)9-11-21/h3-11,19H,2,12-17H2,1H3. The topological polar surface area (TPSA) is 66.9 Å². The average molecular weight is 435 g/mol. The fourth-order valence-corrected chi connectivity index (χ4v) is 5.30. The molecule has 6 nitrogen and oxygen atoms in total. The number of piperazine rings is 1. The Balaban J connectivity index is 1.65. The molecule has 0 aliphatic carbocycles. The molecule has 1 saturated heterocycles. The Morgan fingerprint density at radius 1 is 1.03 bits per heavy atom. The minimum Gasteiger partial charge on any atom is -0.466 e. The van der Waals surface area contributed by atoms with Crippen molar-refractivity contribution in [2.45, 2.75) is 13.3 Å². The van der Waals surface area contributed by atoms with Gasteiger partial charge >= 0.3 is 5.97 Å². The Morgan fingerprint density at radius 2 is 1.67 bits per heavy atom. The maximum atomic E-state index is 13.1. The van der Waals surface area contributed by atoms with Crippen molar-refractivity contribution < 1.29 is 22.3 Å². The number of nitrogens with zero attached hydrogens (tertiary/aromatic N) is 2. The summed E-state index contributed by atoms with van der Waals surface area (Å²) in [5.74, 6) is -1.83. The second-order valence-corrected chi connectivity index (χ2v) is 9.29. The van der Waals surface area contributed by atoms with E-state index in [2.05, 4.69) is 0 Å². The van der Waals surface area contributed by atoms with Crippen LogP contribution in [-0.2, 0) is 26.0 Å². The lowest BCUT2D eigenvalue weighted by atomic mass is 10.0. The molecule has 1 fully saturated rings. The Bertz CT molecular complexity index is 927. The van der Waals surface area contributed by atoms with Crippen molar-refractivity contribution in [1.82, 2.24) is 4.31 Å². The number of hydrogen-bond donors (Lipinski definition) is 0. The van der Waals surface area contributed by atoms with E-state index in [0.29, 0.717) is 32.6 Å². The molecule has 2 aromatic rings. The Kier molecular flexibility index (Phi) is 7.44. The number of esters is 1. The zero-order valence-electron chi connectivity index (χ0n) is 17.0. The third-order valence-corrected chi connectivity index (χ3v) is 7.16. The number of rotatable bonds is 8. The fourth-order valence-electron chi connectivity index (χ4n) is 3.61. The maximum Gasteiger partial charge on any atom is 0.310 e. The van der Waals surface area contributed by atoms with Crippen molar-refractivity contribution in [3.63, 3.8) is 0 Å². The zero-order chi connectivity index (χ0) is 21.6. The molecule has 1 atom stereocenters. The smallest absolute Gasteiger partial charge is 0.310 e. The van der Waals surface area contributed by atoms with E-state index in [9.17, 15) is 17.6 Å². The second kappa shape index (κ2) is 10.0. The first-order valence-corrected chi connectivity index (χ1v) is 11.7. The summed E-state index contributed by atoms with van der Waals surface area (Å²) in [5, 5.41) is 0. The van der Waals surface area contributed by atoms with Crippen LogP contribution in [0.3, 0.4) is 0 Å². The van der Waals surface area contributed by atoms with Crippen molar-refractivity contribution in [2.24, 2.45) is 5.92 Å². The predicted molar refractivity (Wildman–Crippen MR) is 114 cm³/mol. The van der Waals surface area contributed by atoms with E-state index in [1.54, 1.807) is 19.1 Å². The molecule has 162 valence electrons. The lowest BCUT2D eigenvalue weighted by Gasteiger charge is -2.35. The minimum atomic E-state index is -3.63. The highest BCUT2D eigenvalue weighted by atomic mass is 32.2. The molecule has 30 heavy (non-hydrogen) atoms. The van der Waals surface area contributed by atoms with E-state index >= 15 is 0 Å². The molecule has 3 rings (SSSR count). The van der Waals surface area contributed by atoms with Gasteiger partial charge in [-0.3, -0.25) is 4.79 Å². The van der Waals surface area contributed by atoms with Gasteiger partial charge in [0.1, 0.15) is 5.82 Å². The number of carbonyl (C=O) groups excluding carboxylic acids is 1. The predicted octanol–water partition coefficient (Wildman–Crippen LogP) is 2.70. The van der Waals surface area contributed by atoms with Gasteiger partial charge in [0.15, 0.2) is 0 Å². The van der Waals surface area contributed by atoms with E-state index in [1.807, 2.05) is 35.2 Å². The van der Waals surface area contributed by atoms with Crippen LogP contribution in [0.5, 0.6) is 0 Å². The summed E-state index contributed by atoms with van der Waals surface area (Å²) in [6.45, 7) is 3.57. The van der Waals surface area contributed by atoms with Gasteiger partial charge < -0.3 is 9.64 Å². The number of anilines is 1. The lowest BCUT2D eigenvalue weighted by Crippen LogP contribution is -2.50. The highest BCUT2D eigenvalue weighted by Crippen LogP contribution is 2.20. The monoisotopic (exact) mass is 434 g/mol. The molecule has 8 heteroatoms. The van der Waals surface area contributed by atoms with Gasteiger partial charge in [-0.25, -0.2) is 12.8 Å². The van der Waals surface area contributed by atoms with E-state index in [1.165, 1.54) is 16.4 Å². The van der Waals surface area contributed by atoms with Gasteiger partial charge in [-0.05, 0) is 43.2 Å². The molecule has 0 N–H and O–H groups in total. The van der Waals surface area contributed by atoms with Gasteiger partial charge in [0.2, 0.25) is 10.0 Å². The van der Waals surface area contributed by atoms with Crippen molar-refractivity contribution >= 4 is 21.7 Å². The summed E-state index contributed by atoms with van der Waals surface area (Å²) in [5.41, 5.74) is 1.76. The van der Waals surface area contributed by atoms with Crippen LogP contribution in [0.15, 0.2) is 54.6 Å². The first-order valence-electron chi connectivity index (χ1n) is 10.1. The fraction of sp³-hybridized carbons (Fsp3) is 0.409. The lowest BCUT2D eigenvalue weighted by molar-refractivity contribution is -0.147. The molecule has 0 spiro atoms. The average Bonchev–Trinajstić information content (AvgIpc) is 2.75. The number of hydrogen-bond acceptors (Lipinski definition) is 5. The van der Waals surface area contributed by atoms with Crippen LogP contribution in [0.25, 0.3) is 0 Å². The van der Waals surface area contributed by atoms with E-state index in [4.69, 9.17) is 4.74 Å². The van der Waals surface area contributed by atoms with Crippen LogP contribution < -0.4 is 4.90 Å². The summed E-state index contributed by atoms with van der Waals surface area (Å²) in [6.07, 6.45) is 0.314. The van der Waals surface area contributed by atoms with Gasteiger partial charge in [-0.2, -0.15) is 4.31 Å². The van der Waals surface area contributed by atoms with Crippen molar-refractivity contribution in [3.8, 4) is 0 Å². The van der Waals surface area contributed by atoms with Crippen LogP contribution in [0.1, 0.15) is 12.5 Å². The zero-order valence-corrected chi connectivity index (χ0v) is 17.9. The first-order chi connectivity index (χ1) is 14.4. The van der Waals surface area contributed by atoms with Gasteiger partial charge in [0, 0.05) is 31.9 Å². The normalized spacial score (nSPS) is 16.3. The van der Waals surface area contributed by atoms with E-state index in [-0.39, 0.29) is 18.2 Å². The quantitative estimate of drug-likeness (QED) is 0.598. The largest absolute Gasteiger partial charge is 0.466 e. The van der Waals surface area contributed by atoms with E-state index < -0.39 is 21.9 Å². The third-order valence-electron chi connectivity index (χ3n) is 5.18. The van der Waals surface area contributed by atoms with Crippen LogP contribution >= 0.6 is 0 Å². The molecular formula is C22H27FN2O4S.